The van der Waals surface area contributed by atoms with E-state index < -0.39 is 11.9 Å². The molecular formula is C25H24FN3O4. The van der Waals surface area contributed by atoms with Gasteiger partial charge in [0.1, 0.15) is 17.1 Å². The number of aromatic nitrogens is 1. The second-order valence-electron chi connectivity index (χ2n) is 7.38. The van der Waals surface area contributed by atoms with Crippen LogP contribution >= 0.6 is 0 Å². The van der Waals surface area contributed by atoms with Gasteiger partial charge in [0.25, 0.3) is 5.95 Å². The monoisotopic (exact) mass is 449 g/mol. The van der Waals surface area contributed by atoms with Gasteiger partial charge in [-0.3, -0.25) is 10.3 Å². The summed E-state index contributed by atoms with van der Waals surface area (Å²) < 4.78 is 30.7. The Balaban J connectivity index is 1.34. The third kappa shape index (κ3) is 5.67. The quantitative estimate of drug-likeness (QED) is 0.331. The van der Waals surface area contributed by atoms with Crippen LogP contribution in [0.3, 0.4) is 0 Å². The highest BCUT2D eigenvalue weighted by atomic mass is 19.1. The molecule has 0 radical (unpaired) electrons. The number of anilines is 1. The first-order valence-electron chi connectivity index (χ1n) is 10.6. The van der Waals surface area contributed by atoms with Gasteiger partial charge in [0.2, 0.25) is 0 Å². The fourth-order valence-corrected chi connectivity index (χ4v) is 3.36. The number of hydrogen-bond donors (Lipinski definition) is 2. The Hall–Kier alpha value is -3.91. The molecule has 0 saturated heterocycles. The molecule has 4 rings (SSSR count). The van der Waals surface area contributed by atoms with Gasteiger partial charge in [0, 0.05) is 24.5 Å². The number of fused-ring (bicyclic) bond motifs is 1. The van der Waals surface area contributed by atoms with Crippen LogP contribution in [0.2, 0.25) is 0 Å². The van der Waals surface area contributed by atoms with Crippen LogP contribution in [0.15, 0.2) is 71.4 Å². The lowest BCUT2D eigenvalue weighted by atomic mass is 10.1. The molecule has 33 heavy (non-hydrogen) atoms. The number of halogens is 1. The summed E-state index contributed by atoms with van der Waals surface area (Å²) in [7, 11) is 0. The van der Waals surface area contributed by atoms with Gasteiger partial charge in [-0.15, -0.1) is 0 Å². The summed E-state index contributed by atoms with van der Waals surface area (Å²) in [5, 5.41) is 6.46. The van der Waals surface area contributed by atoms with Crippen molar-refractivity contribution in [1.82, 2.24) is 10.3 Å². The minimum Gasteiger partial charge on any atom is -0.493 e. The number of carbonyl (C=O) groups excluding carboxylic acids is 1. The van der Waals surface area contributed by atoms with Crippen LogP contribution in [0.1, 0.15) is 17.5 Å². The highest BCUT2D eigenvalue weighted by Gasteiger charge is 2.19. The summed E-state index contributed by atoms with van der Waals surface area (Å²) in [4.78, 5) is 16.3. The minimum atomic E-state index is -0.843. The highest BCUT2D eigenvalue weighted by molar-refractivity contribution is 5.91. The fourth-order valence-electron chi connectivity index (χ4n) is 3.36. The lowest BCUT2D eigenvalue weighted by Gasteiger charge is -2.08. The van der Waals surface area contributed by atoms with Crippen LogP contribution in [-0.4, -0.2) is 24.2 Å². The third-order valence-corrected chi connectivity index (χ3v) is 4.98. The fraction of sp³-hybridized carbons (Fsp3) is 0.200. The summed E-state index contributed by atoms with van der Waals surface area (Å²) in [6, 6.07) is 15.2. The average molecular weight is 449 g/mol. The molecule has 0 aliphatic carbocycles. The molecule has 8 heteroatoms. The van der Waals surface area contributed by atoms with Gasteiger partial charge in [-0.25, -0.2) is 9.18 Å². The van der Waals surface area contributed by atoms with Gasteiger partial charge in [-0.1, -0.05) is 24.3 Å². The van der Waals surface area contributed by atoms with Crippen LogP contribution in [0.25, 0.3) is 11.0 Å². The molecule has 0 atom stereocenters. The van der Waals surface area contributed by atoms with Crippen molar-refractivity contribution in [3.8, 4) is 11.7 Å². The van der Waals surface area contributed by atoms with Crippen molar-refractivity contribution in [2.45, 2.75) is 19.9 Å². The van der Waals surface area contributed by atoms with E-state index in [0.717, 1.165) is 30.5 Å². The molecule has 170 valence electrons. The highest BCUT2D eigenvalue weighted by Crippen LogP contribution is 2.37. The standard InChI is InChI=1S/C25H24FN3O4/c1-17-23-21(31-14-6-13-28-16-18-7-5-12-27-15-18)10-4-11-22(23)32-24(17)33-25(30)29-20-9-3-2-8-19(20)26/h2-5,7-12,15,28H,6,13-14,16H2,1H3,(H,29,30). The number of furan rings is 1. The molecule has 0 fully saturated rings. The van der Waals surface area contributed by atoms with E-state index in [0.29, 0.717) is 23.5 Å². The maximum atomic E-state index is 13.8. The van der Waals surface area contributed by atoms with E-state index in [2.05, 4.69) is 15.6 Å². The number of aryl methyl sites for hydroxylation is 1. The number of nitrogens with zero attached hydrogens (tertiary/aromatic N) is 1. The van der Waals surface area contributed by atoms with Gasteiger partial charge in [0.05, 0.1) is 17.7 Å². The number of nitrogens with one attached hydrogen (secondary N) is 2. The summed E-state index contributed by atoms with van der Waals surface area (Å²) >= 11 is 0. The Morgan fingerprint density at radius 1 is 1.12 bits per heavy atom. The van der Waals surface area contributed by atoms with Crippen molar-refractivity contribution in [2.75, 3.05) is 18.5 Å². The van der Waals surface area contributed by atoms with Crippen molar-refractivity contribution in [3.05, 3.63) is 83.9 Å². The molecule has 2 N–H and O–H groups in total. The lowest BCUT2D eigenvalue weighted by molar-refractivity contribution is 0.203. The van der Waals surface area contributed by atoms with Gasteiger partial charge >= 0.3 is 6.09 Å². The van der Waals surface area contributed by atoms with Gasteiger partial charge < -0.3 is 19.2 Å². The number of ether oxygens (including phenoxy) is 2. The second kappa shape index (κ2) is 10.6. The van der Waals surface area contributed by atoms with Crippen LogP contribution in [0, 0.1) is 12.7 Å². The topological polar surface area (TPSA) is 85.6 Å². The summed E-state index contributed by atoms with van der Waals surface area (Å²) in [6.45, 7) is 3.83. The van der Waals surface area contributed by atoms with E-state index in [4.69, 9.17) is 13.9 Å². The normalized spacial score (nSPS) is 10.8. The zero-order valence-corrected chi connectivity index (χ0v) is 18.1. The van der Waals surface area contributed by atoms with E-state index in [-0.39, 0.29) is 11.6 Å². The number of amides is 1. The third-order valence-electron chi connectivity index (χ3n) is 4.98. The molecule has 0 spiro atoms. The first-order valence-corrected chi connectivity index (χ1v) is 10.6. The van der Waals surface area contributed by atoms with E-state index in [1.165, 1.54) is 18.2 Å². The Bertz CT molecular complexity index is 1230. The van der Waals surface area contributed by atoms with Crippen LogP contribution in [-0.2, 0) is 6.54 Å². The number of para-hydroxylation sites is 1. The lowest BCUT2D eigenvalue weighted by Crippen LogP contribution is -2.17. The smallest absolute Gasteiger partial charge is 0.419 e. The molecule has 0 aliphatic heterocycles. The zero-order chi connectivity index (χ0) is 23.0. The van der Waals surface area contributed by atoms with Crippen LogP contribution < -0.4 is 20.1 Å². The molecular weight excluding hydrogens is 425 g/mol. The summed E-state index contributed by atoms with van der Waals surface area (Å²) in [5.41, 5.74) is 2.31. The predicted octanol–water partition coefficient (Wildman–Crippen LogP) is 5.44. The minimum absolute atomic E-state index is 0.0254. The Kier molecular flexibility index (Phi) is 7.16. The van der Waals surface area contributed by atoms with E-state index >= 15 is 0 Å². The number of pyridine rings is 1. The maximum Gasteiger partial charge on any atom is 0.419 e. The largest absolute Gasteiger partial charge is 0.493 e. The second-order valence-corrected chi connectivity index (χ2v) is 7.38. The summed E-state index contributed by atoms with van der Waals surface area (Å²) in [6.07, 6.45) is 3.55. The Morgan fingerprint density at radius 2 is 2.00 bits per heavy atom. The number of hydrogen-bond acceptors (Lipinski definition) is 6. The van der Waals surface area contributed by atoms with Crippen molar-refractivity contribution < 1.29 is 23.1 Å². The molecule has 7 nitrogen and oxygen atoms in total. The number of rotatable bonds is 9. The molecule has 2 aromatic carbocycles. The predicted molar refractivity (Wildman–Crippen MR) is 123 cm³/mol. The molecule has 2 heterocycles. The molecule has 1 amide bonds. The molecule has 0 saturated carbocycles. The van der Waals surface area contributed by atoms with Gasteiger partial charge in [-0.05, 0) is 55.8 Å². The van der Waals surface area contributed by atoms with Crippen molar-refractivity contribution in [2.24, 2.45) is 0 Å². The SMILES string of the molecule is Cc1c(OC(=O)Nc2ccccc2F)oc2cccc(OCCCNCc3cccnc3)c12. The van der Waals surface area contributed by atoms with Crippen LogP contribution in [0.5, 0.6) is 11.7 Å². The van der Waals surface area contributed by atoms with Crippen molar-refractivity contribution in [3.63, 3.8) is 0 Å². The first-order chi connectivity index (χ1) is 16.1. The Morgan fingerprint density at radius 3 is 2.82 bits per heavy atom. The van der Waals surface area contributed by atoms with Gasteiger partial charge in [0.15, 0.2) is 0 Å². The first kappa shape index (κ1) is 22.3. The molecule has 0 aliphatic rings. The Labute approximate surface area is 190 Å². The maximum absolute atomic E-state index is 13.8. The molecule has 0 unspecified atom stereocenters. The average Bonchev–Trinajstić information content (AvgIpc) is 3.14. The number of carbonyl (C=O) groups is 1. The van der Waals surface area contributed by atoms with E-state index in [1.807, 2.05) is 30.5 Å². The van der Waals surface area contributed by atoms with Crippen molar-refractivity contribution in [1.29, 1.82) is 0 Å². The van der Waals surface area contributed by atoms with Crippen molar-refractivity contribution >= 4 is 22.7 Å². The zero-order valence-electron chi connectivity index (χ0n) is 18.1. The summed E-state index contributed by atoms with van der Waals surface area (Å²) in [5.74, 6) is 0.125. The molecule has 2 aromatic heterocycles. The van der Waals surface area contributed by atoms with E-state index in [9.17, 15) is 9.18 Å². The van der Waals surface area contributed by atoms with Gasteiger partial charge in [-0.2, -0.15) is 0 Å². The molecule has 0 bridgehead atoms. The number of benzene rings is 2. The van der Waals surface area contributed by atoms with E-state index in [1.54, 1.807) is 25.3 Å². The molecule has 4 aromatic rings. The van der Waals surface area contributed by atoms with Crippen LogP contribution in [0.4, 0.5) is 14.9 Å².